The predicted molar refractivity (Wildman–Crippen MR) is 173 cm³/mol. The van der Waals surface area contributed by atoms with Crippen molar-refractivity contribution in [3.05, 3.63) is 64.6 Å². The van der Waals surface area contributed by atoms with Crippen LogP contribution in [0, 0.1) is 5.82 Å². The first-order valence-corrected chi connectivity index (χ1v) is 16.4. The molecule has 0 spiro atoms. The van der Waals surface area contributed by atoms with Gasteiger partial charge >= 0.3 is 6.01 Å². The van der Waals surface area contributed by atoms with Gasteiger partial charge in [0.1, 0.15) is 29.9 Å². The van der Waals surface area contributed by atoms with E-state index >= 15 is 4.39 Å². The van der Waals surface area contributed by atoms with Gasteiger partial charge in [-0.1, -0.05) is 42.8 Å². The van der Waals surface area contributed by atoms with E-state index in [1.165, 1.54) is 0 Å². The van der Waals surface area contributed by atoms with Crippen LogP contribution in [-0.4, -0.2) is 70.5 Å². The summed E-state index contributed by atoms with van der Waals surface area (Å²) in [5, 5.41) is 16.6. The number of ether oxygens (including phenoxy) is 1. The third-order valence-corrected chi connectivity index (χ3v) is 10.5. The monoisotopic (exact) mass is 631 g/mol. The molecule has 0 amide bonds. The van der Waals surface area contributed by atoms with Gasteiger partial charge in [0.2, 0.25) is 0 Å². The minimum atomic E-state index is -0.887. The molecular formula is C35H36ClF2N5O2. The standard InChI is InChI=1S/C35H36ClF2N5O2/c1-2-20-5-3-6-21-13-25(44)14-26(29(20)21)30-28(36)15-27-32(31(30)38)40-34(45-19-35-10-4-11-43(35)17-22(37)16-35)41-33(27)42-12-9-23-7-8-24(18-42)39-23/h3,5-6,8,13-15,22-23,39,44H,2,4,7,9-12,16-19H2,1H3/t22-,23-,35+/m1/s1. The number of nitrogens with zero attached hydrogens (tertiary/aromatic N) is 4. The van der Waals surface area contributed by atoms with E-state index in [0.29, 0.717) is 42.3 Å². The SMILES string of the molecule is CCc1cccc2cc(O)cc(-c3c(Cl)cc4c(N5CC[C@H]6CC=C(C5)N6)nc(OC[C@@]56CCCN5C[C@H](F)C6)nc4c3F)c12. The van der Waals surface area contributed by atoms with Crippen molar-refractivity contribution in [3.63, 3.8) is 0 Å². The fourth-order valence-electron chi connectivity index (χ4n) is 8.08. The Labute approximate surface area is 265 Å². The van der Waals surface area contributed by atoms with Crippen molar-refractivity contribution in [3.8, 4) is 22.9 Å². The van der Waals surface area contributed by atoms with E-state index in [2.05, 4.69) is 26.2 Å². The van der Waals surface area contributed by atoms with Crippen LogP contribution in [0.25, 0.3) is 32.8 Å². The second-order valence-corrected chi connectivity index (χ2v) is 13.4. The summed E-state index contributed by atoms with van der Waals surface area (Å²) in [4.78, 5) is 13.9. The summed E-state index contributed by atoms with van der Waals surface area (Å²) in [5.41, 5.74) is 2.54. The van der Waals surface area contributed by atoms with Gasteiger partial charge in [0.15, 0.2) is 5.82 Å². The zero-order valence-electron chi connectivity index (χ0n) is 25.3. The van der Waals surface area contributed by atoms with Crippen LogP contribution in [0.3, 0.4) is 0 Å². The van der Waals surface area contributed by atoms with Crippen LogP contribution in [-0.2, 0) is 6.42 Å². The Hall–Kier alpha value is -3.69. The molecule has 0 aliphatic carbocycles. The minimum Gasteiger partial charge on any atom is -0.508 e. The lowest BCUT2D eigenvalue weighted by molar-refractivity contribution is 0.107. The lowest BCUT2D eigenvalue weighted by atomic mass is 9.92. The van der Waals surface area contributed by atoms with Crippen molar-refractivity contribution in [2.75, 3.05) is 37.7 Å². The number of rotatable bonds is 6. The first kappa shape index (κ1) is 28.8. The number of halogens is 3. The van der Waals surface area contributed by atoms with Crippen LogP contribution in [0.5, 0.6) is 11.8 Å². The van der Waals surface area contributed by atoms with Gasteiger partial charge in [0, 0.05) is 42.2 Å². The number of aromatic nitrogens is 2. The van der Waals surface area contributed by atoms with E-state index in [-0.39, 0.29) is 34.5 Å². The maximum absolute atomic E-state index is 17.1. The summed E-state index contributed by atoms with van der Waals surface area (Å²) in [6.45, 7) is 4.87. The topological polar surface area (TPSA) is 73.8 Å². The zero-order chi connectivity index (χ0) is 30.9. The Kier molecular flexibility index (Phi) is 7.02. The fraction of sp³-hybridized carbons (Fsp3) is 0.429. The molecule has 4 aliphatic rings. The smallest absolute Gasteiger partial charge is 0.319 e. The number of fused-ring (bicyclic) bond motifs is 5. The van der Waals surface area contributed by atoms with E-state index in [1.807, 2.05) is 25.1 Å². The maximum Gasteiger partial charge on any atom is 0.319 e. The molecule has 0 saturated carbocycles. The van der Waals surface area contributed by atoms with Crippen LogP contribution >= 0.6 is 11.6 Å². The van der Waals surface area contributed by atoms with Gasteiger partial charge in [-0.3, -0.25) is 4.90 Å². The summed E-state index contributed by atoms with van der Waals surface area (Å²) in [5.74, 6) is -0.0109. The largest absolute Gasteiger partial charge is 0.508 e. The van der Waals surface area contributed by atoms with Gasteiger partial charge in [-0.05, 0) is 78.7 Å². The molecular weight excluding hydrogens is 596 g/mol. The van der Waals surface area contributed by atoms with Crippen LogP contribution in [0.4, 0.5) is 14.6 Å². The highest BCUT2D eigenvalue weighted by atomic mass is 35.5. The molecule has 234 valence electrons. The van der Waals surface area contributed by atoms with Crippen LogP contribution < -0.4 is 15.0 Å². The average Bonchev–Trinajstić information content (AvgIpc) is 3.66. The lowest BCUT2D eigenvalue weighted by Gasteiger charge is -2.31. The Morgan fingerprint density at radius 1 is 1.20 bits per heavy atom. The molecule has 3 saturated heterocycles. The van der Waals surface area contributed by atoms with Gasteiger partial charge in [0.05, 0.1) is 17.1 Å². The van der Waals surface area contributed by atoms with E-state index < -0.39 is 17.5 Å². The lowest BCUT2D eigenvalue weighted by Crippen LogP contribution is -2.43. The van der Waals surface area contributed by atoms with Crippen molar-refractivity contribution >= 4 is 39.1 Å². The number of anilines is 1. The molecule has 0 unspecified atom stereocenters. The number of aromatic hydroxyl groups is 1. The molecule has 5 heterocycles. The summed E-state index contributed by atoms with van der Waals surface area (Å²) in [7, 11) is 0. The molecule has 0 radical (unpaired) electrons. The van der Waals surface area contributed by atoms with E-state index in [9.17, 15) is 9.50 Å². The predicted octanol–water partition coefficient (Wildman–Crippen LogP) is 6.92. The fourth-order valence-corrected chi connectivity index (χ4v) is 8.38. The normalized spacial score (nSPS) is 24.6. The van der Waals surface area contributed by atoms with Crippen molar-refractivity contribution in [1.29, 1.82) is 0 Å². The maximum atomic E-state index is 17.1. The third kappa shape index (κ3) is 4.86. The molecule has 3 aromatic carbocycles. The van der Waals surface area contributed by atoms with Crippen LogP contribution in [0.1, 0.15) is 44.6 Å². The highest BCUT2D eigenvalue weighted by Gasteiger charge is 2.49. The van der Waals surface area contributed by atoms with Gasteiger partial charge in [-0.15, -0.1) is 0 Å². The molecule has 7 nitrogen and oxygen atoms in total. The molecule has 3 fully saturated rings. The number of phenols is 1. The van der Waals surface area contributed by atoms with E-state index in [0.717, 1.165) is 67.2 Å². The second kappa shape index (κ2) is 11.0. The van der Waals surface area contributed by atoms with Gasteiger partial charge in [0.25, 0.3) is 0 Å². The van der Waals surface area contributed by atoms with Gasteiger partial charge < -0.3 is 20.1 Å². The van der Waals surface area contributed by atoms with Crippen molar-refractivity contribution in [1.82, 2.24) is 20.2 Å². The van der Waals surface area contributed by atoms with Gasteiger partial charge in [-0.25, -0.2) is 8.78 Å². The zero-order valence-corrected chi connectivity index (χ0v) is 26.0. The number of hydrogen-bond acceptors (Lipinski definition) is 7. The van der Waals surface area contributed by atoms with Crippen LogP contribution in [0.2, 0.25) is 5.02 Å². The summed E-state index contributed by atoms with van der Waals surface area (Å²) in [6, 6.07) is 11.3. The Balaban J connectivity index is 1.29. The summed E-state index contributed by atoms with van der Waals surface area (Å²) in [6.07, 6.45) is 6.21. The highest BCUT2D eigenvalue weighted by Crippen LogP contribution is 2.44. The molecule has 45 heavy (non-hydrogen) atoms. The molecule has 2 N–H and O–H groups in total. The van der Waals surface area contributed by atoms with Crippen molar-refractivity contribution in [2.45, 2.75) is 63.2 Å². The highest BCUT2D eigenvalue weighted by molar-refractivity contribution is 6.35. The number of benzene rings is 3. The number of nitrogens with one attached hydrogen (secondary N) is 1. The molecule has 4 aromatic rings. The Bertz CT molecular complexity index is 1870. The summed E-state index contributed by atoms with van der Waals surface area (Å²) >= 11 is 6.97. The summed E-state index contributed by atoms with van der Waals surface area (Å²) < 4.78 is 37.9. The van der Waals surface area contributed by atoms with Gasteiger partial charge in [-0.2, -0.15) is 9.97 Å². The Morgan fingerprint density at radius 2 is 2.09 bits per heavy atom. The molecule has 2 bridgehead atoms. The van der Waals surface area contributed by atoms with E-state index in [4.69, 9.17) is 21.3 Å². The second-order valence-electron chi connectivity index (χ2n) is 13.0. The first-order chi connectivity index (χ1) is 21.8. The molecule has 3 atom stereocenters. The number of aryl methyl sites for hydroxylation is 1. The Morgan fingerprint density at radius 3 is 2.96 bits per heavy atom. The molecule has 10 heteroatoms. The first-order valence-electron chi connectivity index (χ1n) is 16.0. The molecule has 8 rings (SSSR count). The quantitative estimate of drug-likeness (QED) is 0.239. The third-order valence-electron chi connectivity index (χ3n) is 10.2. The number of hydrogen-bond donors (Lipinski definition) is 2. The molecule has 4 aliphatic heterocycles. The van der Waals surface area contributed by atoms with Crippen molar-refractivity contribution < 1.29 is 18.6 Å². The molecule has 1 aromatic heterocycles. The average molecular weight is 632 g/mol. The van der Waals surface area contributed by atoms with E-state index in [1.54, 1.807) is 18.2 Å². The van der Waals surface area contributed by atoms with Crippen molar-refractivity contribution in [2.24, 2.45) is 0 Å². The number of alkyl halides is 1. The number of phenolic OH excluding ortho intramolecular Hbond substituents is 1. The van der Waals surface area contributed by atoms with Crippen LogP contribution in [0.15, 0.2) is 48.2 Å². The minimum absolute atomic E-state index is 0.0252.